The average molecular weight is 113 g/mol. The van der Waals surface area contributed by atoms with Crippen LogP contribution >= 0.6 is 0 Å². The van der Waals surface area contributed by atoms with Gasteiger partial charge in [0.2, 0.25) is 0 Å². The molecule has 0 aromatic carbocycles. The number of hydrogen-bond donors (Lipinski definition) is 2. The molecule has 3 atom stereocenters. The van der Waals surface area contributed by atoms with Gasteiger partial charge >= 0.3 is 0 Å². The molecule has 3 unspecified atom stereocenters. The number of hydrogen-bond acceptors (Lipinski definition) is 2. The highest BCUT2D eigenvalue weighted by Crippen LogP contribution is 2.42. The molecule has 46 valence electrons. The van der Waals surface area contributed by atoms with Crippen molar-refractivity contribution in [2.45, 2.75) is 12.5 Å². The van der Waals surface area contributed by atoms with Gasteiger partial charge in [0.15, 0.2) is 0 Å². The molecule has 2 aliphatic rings. The lowest BCUT2D eigenvalue weighted by molar-refractivity contribution is 0.128. The number of aliphatic hydroxyl groups excluding tert-OH is 1. The fourth-order valence-electron chi connectivity index (χ4n) is 1.54. The lowest BCUT2D eigenvalue weighted by Gasteiger charge is -2.16. The Morgan fingerprint density at radius 2 is 2.25 bits per heavy atom. The van der Waals surface area contributed by atoms with E-state index >= 15 is 0 Å². The second kappa shape index (κ2) is 1.45. The van der Waals surface area contributed by atoms with Gasteiger partial charge in [-0.2, -0.15) is 0 Å². The van der Waals surface area contributed by atoms with Crippen LogP contribution in [0, 0.1) is 11.8 Å². The summed E-state index contributed by atoms with van der Waals surface area (Å²) in [7, 11) is 0. The van der Waals surface area contributed by atoms with Gasteiger partial charge < -0.3 is 10.4 Å². The van der Waals surface area contributed by atoms with Crippen LogP contribution in [0.5, 0.6) is 0 Å². The van der Waals surface area contributed by atoms with Gasteiger partial charge in [0, 0.05) is 6.54 Å². The highest BCUT2D eigenvalue weighted by molar-refractivity contribution is 4.96. The molecule has 0 aromatic rings. The van der Waals surface area contributed by atoms with Crippen molar-refractivity contribution in [1.82, 2.24) is 5.32 Å². The van der Waals surface area contributed by atoms with Gasteiger partial charge in [-0.05, 0) is 24.8 Å². The molecule has 0 amide bonds. The van der Waals surface area contributed by atoms with Crippen molar-refractivity contribution >= 4 is 0 Å². The first-order chi connectivity index (χ1) is 3.88. The summed E-state index contributed by atoms with van der Waals surface area (Å²) in [6.07, 6.45) is 1.22. The molecule has 0 bridgehead atoms. The summed E-state index contributed by atoms with van der Waals surface area (Å²) < 4.78 is 0. The van der Waals surface area contributed by atoms with E-state index in [1.807, 2.05) is 0 Å². The van der Waals surface area contributed by atoms with Gasteiger partial charge in [-0.25, -0.2) is 0 Å². The van der Waals surface area contributed by atoms with Crippen molar-refractivity contribution in [3.63, 3.8) is 0 Å². The van der Waals surface area contributed by atoms with Crippen LogP contribution in [0.3, 0.4) is 0 Å². The predicted octanol–water partition coefficient (Wildman–Crippen LogP) is -0.413. The molecule has 1 saturated carbocycles. The third kappa shape index (κ3) is 0.565. The molecule has 1 aliphatic carbocycles. The standard InChI is InChI=1S/C6H11NO/c8-6-3-7-2-4-1-5(4)6/h4-8H,1-3H2. The molecule has 8 heavy (non-hydrogen) atoms. The maximum atomic E-state index is 9.16. The van der Waals surface area contributed by atoms with Gasteiger partial charge in [-0.15, -0.1) is 0 Å². The summed E-state index contributed by atoms with van der Waals surface area (Å²) in [4.78, 5) is 0. The van der Waals surface area contributed by atoms with E-state index < -0.39 is 0 Å². The van der Waals surface area contributed by atoms with Gasteiger partial charge in [0.05, 0.1) is 6.10 Å². The number of aliphatic hydroxyl groups is 1. The molecule has 1 heterocycles. The smallest absolute Gasteiger partial charge is 0.0695 e. The summed E-state index contributed by atoms with van der Waals surface area (Å²) in [5.41, 5.74) is 0. The third-order valence-corrected chi connectivity index (χ3v) is 2.23. The first-order valence-electron chi connectivity index (χ1n) is 3.26. The molecule has 1 aliphatic heterocycles. The topological polar surface area (TPSA) is 32.3 Å². The normalized spacial score (nSPS) is 52.9. The van der Waals surface area contributed by atoms with Crippen LogP contribution in [0.2, 0.25) is 0 Å². The maximum Gasteiger partial charge on any atom is 0.0695 e. The highest BCUT2D eigenvalue weighted by Gasteiger charge is 2.44. The van der Waals surface area contributed by atoms with E-state index in [-0.39, 0.29) is 6.10 Å². The van der Waals surface area contributed by atoms with Crippen molar-refractivity contribution in [3.8, 4) is 0 Å². The molecule has 0 aromatic heterocycles. The lowest BCUT2D eigenvalue weighted by atomic mass is 10.1. The number of β-amino-alcohol motifs (C(OH)–C–C–N with tert-alkyl or cyclic N) is 1. The Bertz CT molecular complexity index is 105. The Morgan fingerprint density at radius 3 is 2.88 bits per heavy atom. The van der Waals surface area contributed by atoms with E-state index in [9.17, 15) is 0 Å². The maximum absolute atomic E-state index is 9.16. The number of nitrogens with one attached hydrogen (secondary N) is 1. The van der Waals surface area contributed by atoms with E-state index in [1.54, 1.807) is 0 Å². The van der Waals surface area contributed by atoms with Crippen molar-refractivity contribution in [2.24, 2.45) is 11.8 Å². The van der Waals surface area contributed by atoms with E-state index in [0.29, 0.717) is 5.92 Å². The average Bonchev–Trinajstić information content (AvgIpc) is 2.45. The molecule has 2 N–H and O–H groups in total. The summed E-state index contributed by atoms with van der Waals surface area (Å²) in [6, 6.07) is 0. The van der Waals surface area contributed by atoms with Gasteiger partial charge in [-0.3, -0.25) is 0 Å². The summed E-state index contributed by atoms with van der Waals surface area (Å²) in [5.74, 6) is 1.48. The van der Waals surface area contributed by atoms with Crippen LogP contribution < -0.4 is 5.32 Å². The zero-order valence-corrected chi connectivity index (χ0v) is 4.80. The van der Waals surface area contributed by atoms with E-state index in [0.717, 1.165) is 19.0 Å². The lowest BCUT2D eigenvalue weighted by Crippen LogP contribution is -2.35. The minimum atomic E-state index is -0.0336. The van der Waals surface area contributed by atoms with Crippen molar-refractivity contribution in [1.29, 1.82) is 0 Å². The van der Waals surface area contributed by atoms with Crippen LogP contribution in [0.15, 0.2) is 0 Å². The monoisotopic (exact) mass is 113 g/mol. The molecular weight excluding hydrogens is 102 g/mol. The number of piperidine rings is 1. The largest absolute Gasteiger partial charge is 0.392 e. The minimum absolute atomic E-state index is 0.0336. The Hall–Kier alpha value is -0.0800. The first kappa shape index (κ1) is 4.77. The molecule has 2 fully saturated rings. The van der Waals surface area contributed by atoms with Gasteiger partial charge in [0.1, 0.15) is 0 Å². The van der Waals surface area contributed by atoms with Crippen LogP contribution in [-0.4, -0.2) is 24.3 Å². The van der Waals surface area contributed by atoms with Crippen LogP contribution in [0.4, 0.5) is 0 Å². The highest BCUT2D eigenvalue weighted by atomic mass is 16.3. The van der Waals surface area contributed by atoms with Crippen LogP contribution in [0.25, 0.3) is 0 Å². The van der Waals surface area contributed by atoms with E-state index in [1.165, 1.54) is 6.42 Å². The Labute approximate surface area is 48.9 Å². The molecule has 0 radical (unpaired) electrons. The second-order valence-electron chi connectivity index (χ2n) is 2.89. The number of rotatable bonds is 0. The fraction of sp³-hybridized carbons (Fsp3) is 1.00. The molecule has 2 heteroatoms. The zero-order chi connectivity index (χ0) is 5.56. The van der Waals surface area contributed by atoms with Crippen LogP contribution in [-0.2, 0) is 0 Å². The van der Waals surface area contributed by atoms with Crippen molar-refractivity contribution < 1.29 is 5.11 Å². The first-order valence-corrected chi connectivity index (χ1v) is 3.26. The third-order valence-electron chi connectivity index (χ3n) is 2.23. The Balaban J connectivity index is 1.99. The van der Waals surface area contributed by atoms with E-state index in [4.69, 9.17) is 5.11 Å². The molecule has 2 nitrogen and oxygen atoms in total. The van der Waals surface area contributed by atoms with Gasteiger partial charge in [0.25, 0.3) is 0 Å². The Kier molecular flexibility index (Phi) is 0.866. The second-order valence-corrected chi connectivity index (χ2v) is 2.89. The molecular formula is C6H11NO. The number of fused-ring (bicyclic) bond motifs is 1. The quantitative estimate of drug-likeness (QED) is 0.447. The summed E-state index contributed by atoms with van der Waals surface area (Å²) in [6.45, 7) is 1.96. The van der Waals surface area contributed by atoms with Crippen molar-refractivity contribution in [3.05, 3.63) is 0 Å². The van der Waals surface area contributed by atoms with Crippen LogP contribution in [0.1, 0.15) is 6.42 Å². The SMILES string of the molecule is OC1CNCC2CC12. The fourth-order valence-corrected chi connectivity index (χ4v) is 1.54. The minimum Gasteiger partial charge on any atom is -0.392 e. The van der Waals surface area contributed by atoms with E-state index in [2.05, 4.69) is 5.32 Å². The molecule has 0 spiro atoms. The zero-order valence-electron chi connectivity index (χ0n) is 4.80. The Morgan fingerprint density at radius 1 is 1.38 bits per heavy atom. The van der Waals surface area contributed by atoms with Gasteiger partial charge in [-0.1, -0.05) is 0 Å². The van der Waals surface area contributed by atoms with Crippen molar-refractivity contribution in [2.75, 3.05) is 13.1 Å². The molecule has 2 rings (SSSR count). The predicted molar refractivity (Wildman–Crippen MR) is 30.5 cm³/mol. The molecule has 1 saturated heterocycles. The summed E-state index contributed by atoms with van der Waals surface area (Å²) in [5, 5.41) is 12.3. The summed E-state index contributed by atoms with van der Waals surface area (Å²) >= 11 is 0.